The molecule has 0 unspecified atom stereocenters. The molecule has 1 aromatic heterocycles. The van der Waals surface area contributed by atoms with Crippen LogP contribution in [0.15, 0.2) is 24.4 Å². The molecule has 2 N–H and O–H groups in total. The molecule has 0 aliphatic carbocycles. The first-order chi connectivity index (χ1) is 9.15. The van der Waals surface area contributed by atoms with Crippen molar-refractivity contribution in [3.63, 3.8) is 0 Å². The Morgan fingerprint density at radius 2 is 1.84 bits per heavy atom. The smallest absolute Gasteiger partial charge is 0.136 e. The summed E-state index contributed by atoms with van der Waals surface area (Å²) in [6, 6.07) is 6.21. The first kappa shape index (κ1) is 12.2. The summed E-state index contributed by atoms with van der Waals surface area (Å²) >= 11 is 0. The van der Waals surface area contributed by atoms with Crippen molar-refractivity contribution in [2.45, 2.75) is 6.92 Å². The number of fused-ring (bicyclic) bond motifs is 1. The molecule has 0 bridgehead atoms. The predicted octanol–water partition coefficient (Wildman–Crippen LogP) is 1.88. The van der Waals surface area contributed by atoms with Gasteiger partial charge in [-0.15, -0.1) is 0 Å². The van der Waals surface area contributed by atoms with Gasteiger partial charge in [0.2, 0.25) is 0 Å². The molecule has 1 fully saturated rings. The van der Waals surface area contributed by atoms with E-state index in [1.807, 2.05) is 18.3 Å². The second-order valence-corrected chi connectivity index (χ2v) is 5.37. The zero-order chi connectivity index (χ0) is 13.4. The second kappa shape index (κ2) is 4.70. The first-order valence-corrected chi connectivity index (χ1v) is 6.73. The quantitative estimate of drug-likeness (QED) is 0.791. The highest BCUT2D eigenvalue weighted by Gasteiger charge is 2.17. The SMILES string of the molecule is Cc1cc(N)c2ccnc(N3CCN(C)CC3)c2c1. The molecule has 2 aromatic rings. The standard InChI is InChI=1S/C15H20N4/c1-11-9-13-12(14(16)10-11)3-4-17-15(13)19-7-5-18(2)6-8-19/h3-4,9-10H,5-8,16H2,1-2H3. The van der Waals surface area contributed by atoms with Crippen molar-refractivity contribution < 1.29 is 0 Å². The lowest BCUT2D eigenvalue weighted by molar-refractivity contribution is 0.312. The van der Waals surface area contributed by atoms with Gasteiger partial charge in [0.25, 0.3) is 0 Å². The number of anilines is 2. The molecule has 4 nitrogen and oxygen atoms in total. The Labute approximate surface area is 113 Å². The van der Waals surface area contributed by atoms with Crippen molar-refractivity contribution in [2.24, 2.45) is 0 Å². The summed E-state index contributed by atoms with van der Waals surface area (Å²) in [4.78, 5) is 9.30. The zero-order valence-corrected chi connectivity index (χ0v) is 11.6. The molecule has 2 heterocycles. The second-order valence-electron chi connectivity index (χ2n) is 5.37. The average Bonchev–Trinajstić information content (AvgIpc) is 2.39. The highest BCUT2D eigenvalue weighted by Crippen LogP contribution is 2.30. The fourth-order valence-corrected chi connectivity index (χ4v) is 2.72. The van der Waals surface area contributed by atoms with Crippen LogP contribution in [-0.4, -0.2) is 43.1 Å². The van der Waals surface area contributed by atoms with Gasteiger partial charge < -0.3 is 15.5 Å². The van der Waals surface area contributed by atoms with E-state index in [-0.39, 0.29) is 0 Å². The van der Waals surface area contributed by atoms with E-state index < -0.39 is 0 Å². The summed E-state index contributed by atoms with van der Waals surface area (Å²) in [5, 5.41) is 2.28. The normalized spacial score (nSPS) is 17.1. The molecule has 1 aliphatic heterocycles. The third-order valence-corrected chi connectivity index (χ3v) is 3.84. The minimum absolute atomic E-state index is 0.841. The van der Waals surface area contributed by atoms with Gasteiger partial charge in [-0.05, 0) is 37.7 Å². The number of aromatic nitrogens is 1. The van der Waals surface area contributed by atoms with E-state index in [1.165, 1.54) is 10.9 Å². The van der Waals surface area contributed by atoms with Crippen molar-refractivity contribution >= 4 is 22.3 Å². The van der Waals surface area contributed by atoms with Crippen molar-refractivity contribution in [2.75, 3.05) is 43.9 Å². The Bertz CT molecular complexity index is 600. The summed E-state index contributed by atoms with van der Waals surface area (Å²) in [6.45, 7) is 6.29. The van der Waals surface area contributed by atoms with Crippen LogP contribution in [0.1, 0.15) is 5.56 Å². The lowest BCUT2D eigenvalue weighted by Gasteiger charge is -2.33. The maximum absolute atomic E-state index is 6.12. The number of hydrogen-bond donors (Lipinski definition) is 1. The monoisotopic (exact) mass is 256 g/mol. The molecular weight excluding hydrogens is 236 g/mol. The fraction of sp³-hybridized carbons (Fsp3) is 0.400. The van der Waals surface area contributed by atoms with E-state index >= 15 is 0 Å². The zero-order valence-electron chi connectivity index (χ0n) is 11.6. The number of nitrogen functional groups attached to an aromatic ring is 1. The van der Waals surface area contributed by atoms with E-state index in [0.29, 0.717) is 0 Å². The van der Waals surface area contributed by atoms with Crippen LogP contribution in [0.2, 0.25) is 0 Å². The van der Waals surface area contributed by atoms with Gasteiger partial charge in [0.15, 0.2) is 0 Å². The van der Waals surface area contributed by atoms with Gasteiger partial charge in [0.1, 0.15) is 5.82 Å². The van der Waals surface area contributed by atoms with Gasteiger partial charge in [-0.2, -0.15) is 0 Å². The van der Waals surface area contributed by atoms with Crippen LogP contribution < -0.4 is 10.6 Å². The maximum atomic E-state index is 6.12. The minimum atomic E-state index is 0.841. The topological polar surface area (TPSA) is 45.4 Å². The van der Waals surface area contributed by atoms with Gasteiger partial charge in [-0.25, -0.2) is 4.98 Å². The Morgan fingerprint density at radius 1 is 1.11 bits per heavy atom. The van der Waals surface area contributed by atoms with E-state index in [4.69, 9.17) is 5.73 Å². The third-order valence-electron chi connectivity index (χ3n) is 3.84. The lowest BCUT2D eigenvalue weighted by atomic mass is 10.1. The number of hydrogen-bond acceptors (Lipinski definition) is 4. The first-order valence-electron chi connectivity index (χ1n) is 6.73. The third kappa shape index (κ3) is 2.24. The predicted molar refractivity (Wildman–Crippen MR) is 80.6 cm³/mol. The number of pyridine rings is 1. The highest BCUT2D eigenvalue weighted by atomic mass is 15.3. The van der Waals surface area contributed by atoms with Crippen LogP contribution >= 0.6 is 0 Å². The number of aryl methyl sites for hydroxylation is 1. The van der Waals surface area contributed by atoms with E-state index in [9.17, 15) is 0 Å². The Balaban J connectivity index is 2.08. The van der Waals surface area contributed by atoms with Crippen LogP contribution in [0.3, 0.4) is 0 Å². The largest absolute Gasteiger partial charge is 0.398 e. The van der Waals surface area contributed by atoms with Crippen molar-refractivity contribution in [1.29, 1.82) is 0 Å². The number of piperazine rings is 1. The maximum Gasteiger partial charge on any atom is 0.136 e. The van der Waals surface area contributed by atoms with E-state index in [0.717, 1.165) is 43.1 Å². The average molecular weight is 256 g/mol. The molecule has 100 valence electrons. The molecule has 1 aromatic carbocycles. The van der Waals surface area contributed by atoms with Gasteiger partial charge in [-0.3, -0.25) is 0 Å². The van der Waals surface area contributed by atoms with Gasteiger partial charge >= 0.3 is 0 Å². The van der Waals surface area contributed by atoms with Crippen LogP contribution in [0.5, 0.6) is 0 Å². The summed E-state index contributed by atoms with van der Waals surface area (Å²) in [5.74, 6) is 1.07. The Morgan fingerprint density at radius 3 is 2.58 bits per heavy atom. The molecule has 0 amide bonds. The van der Waals surface area contributed by atoms with Gasteiger partial charge in [-0.1, -0.05) is 0 Å². The minimum Gasteiger partial charge on any atom is -0.398 e. The van der Waals surface area contributed by atoms with Crippen LogP contribution in [0.4, 0.5) is 11.5 Å². The van der Waals surface area contributed by atoms with Crippen molar-refractivity contribution in [3.8, 4) is 0 Å². The number of nitrogens with zero attached hydrogens (tertiary/aromatic N) is 3. The molecule has 3 rings (SSSR count). The molecule has 1 saturated heterocycles. The summed E-state index contributed by atoms with van der Waals surface area (Å²) in [7, 11) is 2.16. The Kier molecular flexibility index (Phi) is 3.03. The number of benzene rings is 1. The highest BCUT2D eigenvalue weighted by molar-refractivity contribution is 6.00. The molecule has 0 saturated carbocycles. The van der Waals surface area contributed by atoms with Crippen LogP contribution in [0, 0.1) is 6.92 Å². The summed E-state index contributed by atoms with van der Waals surface area (Å²) in [6.07, 6.45) is 1.86. The lowest BCUT2D eigenvalue weighted by Crippen LogP contribution is -2.44. The number of rotatable bonds is 1. The van der Waals surface area contributed by atoms with Crippen LogP contribution in [0.25, 0.3) is 10.8 Å². The van der Waals surface area contributed by atoms with Crippen LogP contribution in [-0.2, 0) is 0 Å². The number of nitrogens with two attached hydrogens (primary N) is 1. The van der Waals surface area contributed by atoms with Gasteiger partial charge in [0, 0.05) is 48.8 Å². The van der Waals surface area contributed by atoms with Crippen molar-refractivity contribution in [1.82, 2.24) is 9.88 Å². The molecule has 19 heavy (non-hydrogen) atoms. The summed E-state index contributed by atoms with van der Waals surface area (Å²) < 4.78 is 0. The molecule has 0 spiro atoms. The molecule has 1 aliphatic rings. The van der Waals surface area contributed by atoms with E-state index in [1.54, 1.807) is 0 Å². The molecular formula is C15H20N4. The molecule has 0 atom stereocenters. The van der Waals surface area contributed by atoms with Crippen molar-refractivity contribution in [3.05, 3.63) is 30.0 Å². The summed E-state index contributed by atoms with van der Waals surface area (Å²) in [5.41, 5.74) is 8.15. The number of likely N-dealkylation sites (N-methyl/N-ethyl adjacent to an activating group) is 1. The van der Waals surface area contributed by atoms with Gasteiger partial charge in [0.05, 0.1) is 0 Å². The fourth-order valence-electron chi connectivity index (χ4n) is 2.72. The molecule has 0 radical (unpaired) electrons. The Hall–Kier alpha value is -1.81. The molecule has 4 heteroatoms. The van der Waals surface area contributed by atoms with E-state index in [2.05, 4.69) is 34.8 Å².